The first-order valence-corrected chi connectivity index (χ1v) is 9.13. The minimum atomic E-state index is -3.17. The lowest BCUT2D eigenvalue weighted by Crippen LogP contribution is -2.13. The number of halogens is 2. The van der Waals surface area contributed by atoms with Gasteiger partial charge in [0.15, 0.2) is 9.84 Å². The van der Waals surface area contributed by atoms with Crippen LogP contribution in [-0.4, -0.2) is 20.6 Å². The Bertz CT molecular complexity index is 821. The van der Waals surface area contributed by atoms with Gasteiger partial charge in [-0.1, -0.05) is 12.1 Å². The van der Waals surface area contributed by atoms with Gasteiger partial charge in [0.2, 0.25) is 0 Å². The minimum Gasteiger partial charge on any atom is -0.321 e. The Labute approximate surface area is 136 Å². The molecule has 0 atom stereocenters. The zero-order valence-electron chi connectivity index (χ0n) is 11.6. The van der Waals surface area contributed by atoms with Crippen molar-refractivity contribution in [2.24, 2.45) is 0 Å². The SMILES string of the molecule is CS(=O)(=O)Cc1cccc(C(=O)Nc2ccc(F)cc2Br)c1. The number of rotatable bonds is 4. The third kappa shape index (κ3) is 4.64. The van der Waals surface area contributed by atoms with Gasteiger partial charge >= 0.3 is 0 Å². The Kier molecular flexibility index (Phi) is 4.97. The van der Waals surface area contributed by atoms with Crippen molar-refractivity contribution in [3.8, 4) is 0 Å². The maximum absolute atomic E-state index is 13.0. The van der Waals surface area contributed by atoms with E-state index in [2.05, 4.69) is 21.2 Å². The van der Waals surface area contributed by atoms with Gasteiger partial charge in [0.25, 0.3) is 5.91 Å². The molecule has 0 saturated heterocycles. The summed E-state index contributed by atoms with van der Waals surface area (Å²) in [5.74, 6) is -0.948. The van der Waals surface area contributed by atoms with E-state index < -0.39 is 21.6 Å². The summed E-state index contributed by atoms with van der Waals surface area (Å²) < 4.78 is 36.1. The summed E-state index contributed by atoms with van der Waals surface area (Å²) in [6.45, 7) is 0. The van der Waals surface area contributed by atoms with Crippen molar-refractivity contribution in [3.05, 3.63) is 63.9 Å². The monoisotopic (exact) mass is 385 g/mol. The maximum atomic E-state index is 13.0. The summed E-state index contributed by atoms with van der Waals surface area (Å²) in [6.07, 6.45) is 1.13. The third-order valence-electron chi connectivity index (χ3n) is 2.80. The van der Waals surface area contributed by atoms with Crippen molar-refractivity contribution in [2.75, 3.05) is 11.6 Å². The summed E-state index contributed by atoms with van der Waals surface area (Å²) in [7, 11) is -3.17. The number of anilines is 1. The Morgan fingerprint density at radius 2 is 1.95 bits per heavy atom. The second kappa shape index (κ2) is 6.58. The van der Waals surface area contributed by atoms with E-state index >= 15 is 0 Å². The van der Waals surface area contributed by atoms with Gasteiger partial charge in [0, 0.05) is 16.3 Å². The molecule has 0 aliphatic heterocycles. The van der Waals surface area contributed by atoms with Gasteiger partial charge in [0.1, 0.15) is 5.82 Å². The van der Waals surface area contributed by atoms with Crippen LogP contribution in [0.2, 0.25) is 0 Å². The molecule has 2 rings (SSSR count). The van der Waals surface area contributed by atoms with Gasteiger partial charge in [-0.3, -0.25) is 4.79 Å². The predicted molar refractivity (Wildman–Crippen MR) is 87.0 cm³/mol. The van der Waals surface area contributed by atoms with Crippen molar-refractivity contribution in [3.63, 3.8) is 0 Å². The molecular weight excluding hydrogens is 373 g/mol. The Morgan fingerprint density at radius 1 is 1.23 bits per heavy atom. The fourth-order valence-corrected chi connectivity index (χ4v) is 3.13. The predicted octanol–water partition coefficient (Wildman–Crippen LogP) is 3.39. The number of benzene rings is 2. The van der Waals surface area contributed by atoms with Crippen LogP contribution in [0.1, 0.15) is 15.9 Å². The van der Waals surface area contributed by atoms with Crippen molar-refractivity contribution >= 4 is 37.4 Å². The van der Waals surface area contributed by atoms with Gasteiger partial charge in [-0.15, -0.1) is 0 Å². The van der Waals surface area contributed by atoms with E-state index in [1.54, 1.807) is 18.2 Å². The molecule has 0 unspecified atom stereocenters. The molecule has 1 N–H and O–H groups in total. The first-order chi connectivity index (χ1) is 10.2. The second-order valence-electron chi connectivity index (χ2n) is 4.85. The molecule has 7 heteroatoms. The summed E-state index contributed by atoms with van der Waals surface area (Å²) >= 11 is 3.17. The zero-order chi connectivity index (χ0) is 16.3. The fraction of sp³-hybridized carbons (Fsp3) is 0.133. The highest BCUT2D eigenvalue weighted by Gasteiger charge is 2.11. The fourth-order valence-electron chi connectivity index (χ4n) is 1.89. The summed E-state index contributed by atoms with van der Waals surface area (Å²) in [6, 6.07) is 10.3. The van der Waals surface area contributed by atoms with Crippen LogP contribution in [0, 0.1) is 5.82 Å². The molecule has 0 spiro atoms. The molecule has 116 valence electrons. The molecule has 0 aromatic heterocycles. The number of hydrogen-bond donors (Lipinski definition) is 1. The van der Waals surface area contributed by atoms with E-state index in [9.17, 15) is 17.6 Å². The van der Waals surface area contributed by atoms with E-state index in [0.717, 1.165) is 6.26 Å². The van der Waals surface area contributed by atoms with E-state index in [4.69, 9.17) is 0 Å². The molecule has 22 heavy (non-hydrogen) atoms. The maximum Gasteiger partial charge on any atom is 0.255 e. The van der Waals surface area contributed by atoms with Crippen molar-refractivity contribution < 1.29 is 17.6 Å². The summed E-state index contributed by atoms with van der Waals surface area (Å²) in [5, 5.41) is 2.64. The first-order valence-electron chi connectivity index (χ1n) is 6.28. The van der Waals surface area contributed by atoms with Crippen LogP contribution in [0.5, 0.6) is 0 Å². The molecule has 0 aliphatic rings. The molecule has 0 fully saturated rings. The van der Waals surface area contributed by atoms with E-state index in [1.165, 1.54) is 24.3 Å². The van der Waals surface area contributed by atoms with Gasteiger partial charge in [-0.2, -0.15) is 0 Å². The molecule has 0 heterocycles. The molecule has 0 radical (unpaired) electrons. The smallest absolute Gasteiger partial charge is 0.255 e. The lowest BCUT2D eigenvalue weighted by atomic mass is 10.1. The Hall–Kier alpha value is -1.73. The van der Waals surface area contributed by atoms with E-state index in [-0.39, 0.29) is 5.75 Å². The largest absolute Gasteiger partial charge is 0.321 e. The number of nitrogens with one attached hydrogen (secondary N) is 1. The van der Waals surface area contributed by atoms with Crippen molar-refractivity contribution in [2.45, 2.75) is 5.75 Å². The first kappa shape index (κ1) is 16.6. The summed E-state index contributed by atoms with van der Waals surface area (Å²) in [4.78, 5) is 12.2. The lowest BCUT2D eigenvalue weighted by molar-refractivity contribution is 0.102. The number of hydrogen-bond acceptors (Lipinski definition) is 3. The number of amides is 1. The van der Waals surface area contributed by atoms with E-state index in [0.29, 0.717) is 21.3 Å². The van der Waals surface area contributed by atoms with Crippen LogP contribution in [0.15, 0.2) is 46.9 Å². The number of carbonyl (C=O) groups is 1. The van der Waals surface area contributed by atoms with Crippen LogP contribution >= 0.6 is 15.9 Å². The average molecular weight is 386 g/mol. The van der Waals surface area contributed by atoms with Crippen LogP contribution in [0.3, 0.4) is 0 Å². The molecule has 0 saturated carbocycles. The topological polar surface area (TPSA) is 63.2 Å². The van der Waals surface area contributed by atoms with E-state index in [1.807, 2.05) is 0 Å². The van der Waals surface area contributed by atoms with Gasteiger partial charge < -0.3 is 5.32 Å². The van der Waals surface area contributed by atoms with Crippen LogP contribution < -0.4 is 5.32 Å². The molecule has 4 nitrogen and oxygen atoms in total. The van der Waals surface area contributed by atoms with Gasteiger partial charge in [-0.05, 0) is 51.8 Å². The van der Waals surface area contributed by atoms with Crippen LogP contribution in [-0.2, 0) is 15.6 Å². The molecule has 2 aromatic carbocycles. The lowest BCUT2D eigenvalue weighted by Gasteiger charge is -2.08. The summed E-state index contributed by atoms with van der Waals surface area (Å²) in [5.41, 5.74) is 1.30. The molecule has 1 amide bonds. The quantitative estimate of drug-likeness (QED) is 0.876. The Morgan fingerprint density at radius 3 is 2.59 bits per heavy atom. The van der Waals surface area contributed by atoms with Gasteiger partial charge in [-0.25, -0.2) is 12.8 Å². The average Bonchev–Trinajstić information content (AvgIpc) is 2.40. The highest BCUT2D eigenvalue weighted by Crippen LogP contribution is 2.23. The Balaban J connectivity index is 2.21. The molecule has 0 bridgehead atoms. The highest BCUT2D eigenvalue weighted by atomic mass is 79.9. The standard InChI is InChI=1S/C15H13BrFNO3S/c1-22(20,21)9-10-3-2-4-11(7-10)15(19)18-14-6-5-12(17)8-13(14)16/h2-8H,9H2,1H3,(H,18,19). The second-order valence-corrected chi connectivity index (χ2v) is 7.84. The van der Waals surface area contributed by atoms with Crippen molar-refractivity contribution in [1.82, 2.24) is 0 Å². The normalized spacial score (nSPS) is 11.2. The number of carbonyl (C=O) groups excluding carboxylic acids is 1. The molecular formula is C15H13BrFNO3S. The van der Waals surface area contributed by atoms with Crippen molar-refractivity contribution in [1.29, 1.82) is 0 Å². The zero-order valence-corrected chi connectivity index (χ0v) is 14.0. The van der Waals surface area contributed by atoms with Crippen LogP contribution in [0.25, 0.3) is 0 Å². The highest BCUT2D eigenvalue weighted by molar-refractivity contribution is 9.10. The van der Waals surface area contributed by atoms with Gasteiger partial charge in [0.05, 0.1) is 11.4 Å². The van der Waals surface area contributed by atoms with Crippen LogP contribution in [0.4, 0.5) is 10.1 Å². The number of sulfone groups is 1. The molecule has 0 aliphatic carbocycles. The minimum absolute atomic E-state index is 0.131. The third-order valence-corrected chi connectivity index (χ3v) is 4.31. The molecule has 2 aromatic rings.